The summed E-state index contributed by atoms with van der Waals surface area (Å²) in [5, 5.41) is 25.4. The molecule has 0 atom stereocenters. The van der Waals surface area contributed by atoms with Crippen LogP contribution in [0.15, 0.2) is 36.5 Å². The van der Waals surface area contributed by atoms with Crippen LogP contribution < -0.4 is 42.5 Å². The van der Waals surface area contributed by atoms with E-state index in [1.165, 1.54) is 212 Å². The molecular formula is C66H134N8O8. The highest BCUT2D eigenvalue weighted by Crippen LogP contribution is 2.16. The van der Waals surface area contributed by atoms with Crippen LogP contribution in [-0.2, 0) is 37.9 Å². The number of ether oxygens (including phenoxy) is 8. The monoisotopic (exact) mass is 1170 g/mol. The van der Waals surface area contributed by atoms with E-state index in [0.717, 1.165) is 171 Å². The minimum absolute atomic E-state index is 0.500. The molecule has 8 N–H and O–H groups in total. The number of piperidine rings is 1. The maximum absolute atomic E-state index is 5.07. The number of hydrogen-bond acceptors (Lipinski definition) is 16. The lowest BCUT2D eigenvalue weighted by molar-refractivity contribution is 0.0367. The molecule has 0 bridgehead atoms. The average Bonchev–Trinajstić information content (AvgIpc) is 4.40. The normalized spacial score (nSPS) is 23.4. The maximum atomic E-state index is 5.07. The van der Waals surface area contributed by atoms with Gasteiger partial charge in [0.1, 0.15) is 6.79 Å². The molecule has 16 nitrogen and oxygen atoms in total. The van der Waals surface area contributed by atoms with Crippen LogP contribution in [0.5, 0.6) is 0 Å². The highest BCUT2D eigenvalue weighted by molar-refractivity contribution is 4.92. The molecule has 16 rings (SSSR count). The average molecular weight is 1170 g/mol. The number of rotatable bonds is 0. The van der Waals surface area contributed by atoms with Crippen molar-refractivity contribution in [2.75, 3.05) is 198 Å². The summed E-state index contributed by atoms with van der Waals surface area (Å²) >= 11 is 0. The fourth-order valence-electron chi connectivity index (χ4n) is 8.06. The lowest BCUT2D eigenvalue weighted by Gasteiger charge is -2.11. The summed E-state index contributed by atoms with van der Waals surface area (Å²) in [6, 6.07) is 0. The van der Waals surface area contributed by atoms with Gasteiger partial charge in [-0.05, 0) is 96.8 Å². The van der Waals surface area contributed by atoms with Gasteiger partial charge >= 0.3 is 0 Å². The number of piperazine rings is 1. The van der Waals surface area contributed by atoms with Crippen molar-refractivity contribution in [3.05, 3.63) is 36.5 Å². The number of hydrogen-bond donors (Lipinski definition) is 8. The molecule has 0 aromatic carbocycles. The second-order valence-electron chi connectivity index (χ2n) is 22.0. The predicted molar refractivity (Wildman–Crippen MR) is 346 cm³/mol. The molecule has 486 valence electrons. The Morgan fingerprint density at radius 2 is 0.500 bits per heavy atom. The molecular weight excluding hydrogens is 1030 g/mol. The Kier molecular flexibility index (Phi) is 72.5. The SMILES string of the molecule is C1=CCNC1.C1=CCOC1.C1=CCOCC1.C1CC1.C1CCC1.C1CCCC1.C1CCCCC1.C1CCNC1.C1CCNCC1.C1CCOC1.C1CCOCC1.C1CNCCN1.C1CNCN1.C1COC1.C1COCCN1.C1COCO1. The van der Waals surface area contributed by atoms with Crippen molar-refractivity contribution in [2.45, 2.75) is 193 Å². The molecule has 0 aromatic rings. The van der Waals surface area contributed by atoms with Crippen LogP contribution in [-0.4, -0.2) is 198 Å². The molecule has 0 unspecified atom stereocenters. The fourth-order valence-corrected chi connectivity index (χ4v) is 8.06. The molecule has 12 aliphatic heterocycles. The molecule has 4 aliphatic carbocycles. The third kappa shape index (κ3) is 76.6. The zero-order valence-corrected chi connectivity index (χ0v) is 53.2. The van der Waals surface area contributed by atoms with Gasteiger partial charge in [0.15, 0.2) is 0 Å². The quantitative estimate of drug-likeness (QED) is 0.108. The second-order valence-corrected chi connectivity index (χ2v) is 22.0. The lowest BCUT2D eigenvalue weighted by Crippen LogP contribution is -2.39. The molecule has 16 aliphatic rings. The Balaban J connectivity index is 0.000000438. The van der Waals surface area contributed by atoms with Crippen molar-refractivity contribution in [2.24, 2.45) is 0 Å². The molecule has 82 heavy (non-hydrogen) atoms. The predicted octanol–water partition coefficient (Wildman–Crippen LogP) is 10.1. The van der Waals surface area contributed by atoms with Crippen molar-refractivity contribution in [1.29, 1.82) is 0 Å². The van der Waals surface area contributed by atoms with Gasteiger partial charge in [0.2, 0.25) is 0 Å². The molecule has 0 amide bonds. The van der Waals surface area contributed by atoms with Crippen LogP contribution in [0.2, 0.25) is 0 Å². The third-order valence-corrected chi connectivity index (χ3v) is 13.9. The van der Waals surface area contributed by atoms with Crippen LogP contribution >= 0.6 is 0 Å². The van der Waals surface area contributed by atoms with Gasteiger partial charge in [0, 0.05) is 112 Å². The van der Waals surface area contributed by atoms with Crippen LogP contribution in [0.3, 0.4) is 0 Å². The van der Waals surface area contributed by atoms with E-state index in [1.54, 1.807) is 0 Å². The summed E-state index contributed by atoms with van der Waals surface area (Å²) in [4.78, 5) is 0. The smallest absolute Gasteiger partial charge is 0.146 e. The van der Waals surface area contributed by atoms with Gasteiger partial charge in [-0.2, -0.15) is 0 Å². The van der Waals surface area contributed by atoms with Crippen molar-refractivity contribution >= 4 is 0 Å². The minimum Gasteiger partial charge on any atom is -0.381 e. The summed E-state index contributed by atoms with van der Waals surface area (Å²) in [6.45, 7) is 30.2. The third-order valence-electron chi connectivity index (χ3n) is 13.9. The summed E-state index contributed by atoms with van der Waals surface area (Å²) in [5.41, 5.74) is 0. The first-order valence-corrected chi connectivity index (χ1v) is 34.2. The van der Waals surface area contributed by atoms with Crippen molar-refractivity contribution in [3.63, 3.8) is 0 Å². The molecule has 4 saturated carbocycles. The van der Waals surface area contributed by atoms with E-state index in [9.17, 15) is 0 Å². The van der Waals surface area contributed by atoms with Crippen molar-refractivity contribution < 1.29 is 37.9 Å². The lowest BCUT2D eigenvalue weighted by atomic mass is 10.0. The van der Waals surface area contributed by atoms with E-state index in [2.05, 4.69) is 60.8 Å². The van der Waals surface area contributed by atoms with Crippen molar-refractivity contribution in [1.82, 2.24) is 42.5 Å². The first kappa shape index (κ1) is 78.6. The van der Waals surface area contributed by atoms with Crippen LogP contribution in [0.1, 0.15) is 193 Å². The molecule has 0 radical (unpaired) electrons. The minimum atomic E-state index is 0.500. The van der Waals surface area contributed by atoms with E-state index in [4.69, 9.17) is 37.9 Å². The van der Waals surface area contributed by atoms with Crippen LogP contribution in [0, 0.1) is 0 Å². The number of nitrogens with one attached hydrogen (secondary N) is 8. The summed E-state index contributed by atoms with van der Waals surface area (Å²) in [5.74, 6) is 0. The first-order chi connectivity index (χ1) is 41.0. The Labute approximate surface area is 505 Å². The van der Waals surface area contributed by atoms with E-state index in [0.29, 0.717) is 6.79 Å². The van der Waals surface area contributed by atoms with E-state index in [1.807, 2.05) is 18.2 Å². The van der Waals surface area contributed by atoms with E-state index in [-0.39, 0.29) is 0 Å². The van der Waals surface area contributed by atoms with Crippen molar-refractivity contribution in [3.8, 4) is 0 Å². The highest BCUT2D eigenvalue weighted by Gasteiger charge is 2.00. The van der Waals surface area contributed by atoms with E-state index < -0.39 is 0 Å². The molecule has 16 heteroatoms. The largest absolute Gasteiger partial charge is 0.381 e. The van der Waals surface area contributed by atoms with Crippen LogP contribution in [0.4, 0.5) is 0 Å². The maximum Gasteiger partial charge on any atom is 0.146 e. The standard InChI is InChI=1S/C6H12.C5H11N.C5H10O.C5H8O.C5H10.C4H10N2.C4H9NO.C4H9N.C4H7N.C4H8O.C4H6O.C4H8.C3H8N2.C3H6O2.C3H6O.C3H6/c4*1-2-4-6-5-3-1;1-2-4-5-3-1;1-2-6-4-3-5-1;1-3-6-4-2-5-1;4*1-2-4-5-3-1;1-2-4-3-1;2*1-2-5-3-4-1;1-2-4-3-1;1-2-3-1/h1-6H2;6H,1-5H2;1-5H2;1-2H,3-5H2;1-5H2;5-6H,1-4H2;5H,1-4H2;5H,1-4H2;1-2,5H,3-4H2;1-4H2;1-2H,3-4H2;1-4H2;4-5H,1-3H2;1-3H2;1-3H2;1-3H2. The van der Waals surface area contributed by atoms with Gasteiger partial charge in [-0.1, -0.05) is 158 Å². The topological polar surface area (TPSA) is 170 Å². The van der Waals surface area contributed by atoms with Gasteiger partial charge in [-0.3, -0.25) is 0 Å². The Morgan fingerprint density at radius 3 is 0.646 bits per heavy atom. The summed E-state index contributed by atoms with van der Waals surface area (Å²) < 4.78 is 39.0. The van der Waals surface area contributed by atoms with Gasteiger partial charge in [-0.25, -0.2) is 0 Å². The summed E-state index contributed by atoms with van der Waals surface area (Å²) in [6.07, 6.45) is 55.3. The van der Waals surface area contributed by atoms with Gasteiger partial charge < -0.3 is 80.4 Å². The van der Waals surface area contributed by atoms with Gasteiger partial charge in [-0.15, -0.1) is 0 Å². The Hall–Kier alpha value is -1.42. The Bertz CT molecular complexity index is 919. The molecule has 0 aromatic heterocycles. The molecule has 9 saturated heterocycles. The van der Waals surface area contributed by atoms with Gasteiger partial charge in [0.25, 0.3) is 0 Å². The number of morpholine rings is 1. The summed E-state index contributed by atoms with van der Waals surface area (Å²) in [7, 11) is 0. The first-order valence-electron chi connectivity index (χ1n) is 34.2. The van der Waals surface area contributed by atoms with E-state index >= 15 is 0 Å². The second kappa shape index (κ2) is 75.7. The zero-order valence-electron chi connectivity index (χ0n) is 53.2. The fraction of sp³-hybridized carbons (Fsp3) is 0.909. The highest BCUT2D eigenvalue weighted by atomic mass is 16.7. The zero-order chi connectivity index (χ0) is 58.0. The molecule has 13 fully saturated rings. The van der Waals surface area contributed by atoms with Crippen LogP contribution in [0.25, 0.3) is 0 Å². The Morgan fingerprint density at radius 1 is 0.183 bits per heavy atom. The van der Waals surface area contributed by atoms with Gasteiger partial charge in [0.05, 0.1) is 52.9 Å². The molecule has 12 heterocycles. The molecule has 0 spiro atoms.